The van der Waals surface area contributed by atoms with E-state index in [0.717, 1.165) is 6.54 Å². The summed E-state index contributed by atoms with van der Waals surface area (Å²) in [5.41, 5.74) is 2.91. The maximum absolute atomic E-state index is 10.9. The van der Waals surface area contributed by atoms with Crippen LogP contribution >= 0.6 is 0 Å². The summed E-state index contributed by atoms with van der Waals surface area (Å²) in [5, 5.41) is 10.2. The number of ether oxygens (including phenoxy) is 1. The van der Waals surface area contributed by atoms with Gasteiger partial charge in [-0.15, -0.1) is 0 Å². The van der Waals surface area contributed by atoms with Crippen molar-refractivity contribution < 1.29 is 14.6 Å². The standard InChI is InChI=1S/C25H37NO3/c1-6-7-10-15-26-17-19(18-12-8-9-13-20(18)26)22(29-16-11-14-21(27)28)23-24(2,3)25(23,4)5/h8-9,12-13,17,22-23H,6-7,10-11,14-16H2,1-5H3,(H,27,28). The zero-order chi connectivity index (χ0) is 21.2. The van der Waals surface area contributed by atoms with Crippen LogP contribution in [0, 0.1) is 16.7 Å². The number of hydrogen-bond acceptors (Lipinski definition) is 2. The lowest BCUT2D eigenvalue weighted by molar-refractivity contribution is -0.137. The molecule has 4 nitrogen and oxygen atoms in total. The molecule has 1 aromatic heterocycles. The first-order chi connectivity index (χ1) is 13.7. The predicted molar refractivity (Wildman–Crippen MR) is 118 cm³/mol. The molecule has 0 spiro atoms. The highest BCUT2D eigenvalue weighted by Crippen LogP contribution is 2.73. The Balaban J connectivity index is 1.92. The molecule has 3 rings (SSSR count). The van der Waals surface area contributed by atoms with Crippen LogP contribution in [0.4, 0.5) is 0 Å². The van der Waals surface area contributed by atoms with Gasteiger partial charge in [-0.05, 0) is 29.7 Å². The Bertz CT molecular complexity index is 835. The molecule has 1 aliphatic rings. The van der Waals surface area contributed by atoms with Crippen molar-refractivity contribution in [3.05, 3.63) is 36.0 Å². The number of carboxylic acids is 1. The van der Waals surface area contributed by atoms with Gasteiger partial charge < -0.3 is 14.4 Å². The van der Waals surface area contributed by atoms with E-state index in [0.29, 0.717) is 18.9 Å². The van der Waals surface area contributed by atoms with Gasteiger partial charge in [0, 0.05) is 48.2 Å². The second-order valence-electron chi connectivity index (χ2n) is 9.71. The van der Waals surface area contributed by atoms with E-state index >= 15 is 0 Å². The molecule has 1 aromatic carbocycles. The Morgan fingerprint density at radius 3 is 2.45 bits per heavy atom. The van der Waals surface area contributed by atoms with Crippen LogP contribution in [-0.2, 0) is 16.1 Å². The zero-order valence-electron chi connectivity index (χ0n) is 18.7. The van der Waals surface area contributed by atoms with E-state index in [1.54, 1.807) is 0 Å². The minimum atomic E-state index is -0.759. The van der Waals surface area contributed by atoms with Crippen LogP contribution in [0.1, 0.15) is 78.4 Å². The highest BCUT2D eigenvalue weighted by atomic mass is 16.5. The summed E-state index contributed by atoms with van der Waals surface area (Å²) in [5.74, 6) is -0.348. The molecule has 0 bridgehead atoms. The Kier molecular flexibility index (Phi) is 6.42. The van der Waals surface area contributed by atoms with Gasteiger partial charge in [-0.2, -0.15) is 0 Å². The Morgan fingerprint density at radius 2 is 1.83 bits per heavy atom. The van der Waals surface area contributed by atoms with Crippen LogP contribution in [0.15, 0.2) is 30.5 Å². The highest BCUT2D eigenvalue weighted by Gasteiger charge is 2.68. The van der Waals surface area contributed by atoms with E-state index < -0.39 is 5.97 Å². The molecular formula is C25H37NO3. The SMILES string of the molecule is CCCCCn1cc(C(OCCCC(=O)O)C2C(C)(C)C2(C)C)c2ccccc21. The van der Waals surface area contributed by atoms with Gasteiger partial charge in [-0.1, -0.05) is 65.7 Å². The number of rotatable bonds is 11. The van der Waals surface area contributed by atoms with Gasteiger partial charge in [0.15, 0.2) is 0 Å². The minimum Gasteiger partial charge on any atom is -0.481 e. The summed E-state index contributed by atoms with van der Waals surface area (Å²) in [6, 6.07) is 8.62. The fraction of sp³-hybridized carbons (Fsp3) is 0.640. The molecule has 0 saturated heterocycles. The van der Waals surface area contributed by atoms with Crippen LogP contribution in [0.3, 0.4) is 0 Å². The van der Waals surface area contributed by atoms with Crippen molar-refractivity contribution in [2.24, 2.45) is 16.7 Å². The lowest BCUT2D eigenvalue weighted by atomic mass is 9.98. The van der Waals surface area contributed by atoms with Crippen LogP contribution < -0.4 is 0 Å². The number of aliphatic carboxylic acids is 1. The molecule has 160 valence electrons. The van der Waals surface area contributed by atoms with Gasteiger partial charge in [0.2, 0.25) is 0 Å². The van der Waals surface area contributed by atoms with Crippen molar-refractivity contribution in [1.29, 1.82) is 0 Å². The number of fused-ring (bicyclic) bond motifs is 1. The second-order valence-corrected chi connectivity index (χ2v) is 9.71. The molecule has 1 unspecified atom stereocenters. The summed E-state index contributed by atoms with van der Waals surface area (Å²) in [7, 11) is 0. The summed E-state index contributed by atoms with van der Waals surface area (Å²) in [6.45, 7) is 13.0. The summed E-state index contributed by atoms with van der Waals surface area (Å²) >= 11 is 0. The van der Waals surface area contributed by atoms with E-state index in [-0.39, 0.29) is 23.4 Å². The molecule has 1 N–H and O–H groups in total. The number of nitrogens with zero attached hydrogens (tertiary/aromatic N) is 1. The molecule has 0 amide bonds. The lowest BCUT2D eigenvalue weighted by Crippen LogP contribution is -2.13. The molecule has 1 atom stereocenters. The normalized spacial score (nSPS) is 18.8. The average molecular weight is 400 g/mol. The Labute approximate surface area is 175 Å². The van der Waals surface area contributed by atoms with Crippen molar-refractivity contribution in [3.8, 4) is 0 Å². The summed E-state index contributed by atoms with van der Waals surface area (Å²) < 4.78 is 8.83. The molecule has 2 aromatic rings. The quantitative estimate of drug-likeness (QED) is 0.443. The fourth-order valence-corrected chi connectivity index (χ4v) is 5.02. The van der Waals surface area contributed by atoms with Crippen LogP contribution in [0.2, 0.25) is 0 Å². The van der Waals surface area contributed by atoms with E-state index in [4.69, 9.17) is 9.84 Å². The molecule has 1 heterocycles. The largest absolute Gasteiger partial charge is 0.481 e. The first-order valence-electron chi connectivity index (χ1n) is 11.1. The molecule has 4 heteroatoms. The van der Waals surface area contributed by atoms with Gasteiger partial charge in [-0.25, -0.2) is 0 Å². The number of aryl methyl sites for hydroxylation is 1. The van der Waals surface area contributed by atoms with Gasteiger partial charge in [0.05, 0.1) is 6.10 Å². The molecule has 1 aliphatic carbocycles. The molecule has 0 radical (unpaired) electrons. The van der Waals surface area contributed by atoms with Crippen molar-refractivity contribution in [1.82, 2.24) is 4.57 Å². The van der Waals surface area contributed by atoms with Crippen LogP contribution in [0.25, 0.3) is 10.9 Å². The third-order valence-electron chi connectivity index (χ3n) is 7.40. The number of benzene rings is 1. The van der Waals surface area contributed by atoms with Crippen molar-refractivity contribution >= 4 is 16.9 Å². The third-order valence-corrected chi connectivity index (χ3v) is 7.40. The molecule has 0 aliphatic heterocycles. The zero-order valence-corrected chi connectivity index (χ0v) is 18.7. The molecular weight excluding hydrogens is 362 g/mol. The summed E-state index contributed by atoms with van der Waals surface area (Å²) in [4.78, 5) is 10.9. The van der Waals surface area contributed by atoms with E-state index in [1.165, 1.54) is 35.7 Å². The number of carboxylic acid groups (broad SMARTS) is 1. The number of para-hydroxylation sites is 1. The molecule has 29 heavy (non-hydrogen) atoms. The smallest absolute Gasteiger partial charge is 0.303 e. The number of unbranched alkanes of at least 4 members (excludes halogenated alkanes) is 2. The predicted octanol–water partition coefficient (Wildman–Crippen LogP) is 6.44. The first-order valence-corrected chi connectivity index (χ1v) is 11.1. The van der Waals surface area contributed by atoms with Gasteiger partial charge in [0.25, 0.3) is 0 Å². The maximum atomic E-state index is 10.9. The van der Waals surface area contributed by atoms with Crippen molar-refractivity contribution in [2.45, 2.75) is 79.4 Å². The molecule has 1 saturated carbocycles. The topological polar surface area (TPSA) is 51.5 Å². The summed E-state index contributed by atoms with van der Waals surface area (Å²) in [6.07, 6.45) is 6.63. The number of carbonyl (C=O) groups is 1. The van der Waals surface area contributed by atoms with E-state index in [9.17, 15) is 4.79 Å². The first kappa shape index (κ1) is 21.9. The second kappa shape index (κ2) is 8.51. The fourth-order valence-electron chi connectivity index (χ4n) is 5.02. The van der Waals surface area contributed by atoms with Gasteiger partial charge in [-0.3, -0.25) is 4.79 Å². The average Bonchev–Trinajstić information content (AvgIpc) is 2.92. The third kappa shape index (κ3) is 4.23. The van der Waals surface area contributed by atoms with E-state index in [2.05, 4.69) is 69.6 Å². The van der Waals surface area contributed by atoms with Crippen molar-refractivity contribution in [2.75, 3.05) is 6.61 Å². The lowest BCUT2D eigenvalue weighted by Gasteiger charge is -2.20. The van der Waals surface area contributed by atoms with Gasteiger partial charge >= 0.3 is 5.97 Å². The Hall–Kier alpha value is -1.81. The highest BCUT2D eigenvalue weighted by molar-refractivity contribution is 5.84. The maximum Gasteiger partial charge on any atom is 0.303 e. The number of hydrogen-bond donors (Lipinski definition) is 1. The number of aromatic nitrogens is 1. The van der Waals surface area contributed by atoms with Crippen molar-refractivity contribution in [3.63, 3.8) is 0 Å². The Morgan fingerprint density at radius 1 is 1.14 bits per heavy atom. The molecule has 1 fully saturated rings. The minimum absolute atomic E-state index is 0.00822. The van der Waals surface area contributed by atoms with Crippen LogP contribution in [0.5, 0.6) is 0 Å². The monoisotopic (exact) mass is 399 g/mol. The van der Waals surface area contributed by atoms with E-state index in [1.807, 2.05) is 0 Å². The van der Waals surface area contributed by atoms with Crippen LogP contribution in [-0.4, -0.2) is 22.2 Å². The van der Waals surface area contributed by atoms with Gasteiger partial charge in [0.1, 0.15) is 0 Å².